The number of hydrogen-bond donors (Lipinski definition) is 2. The molecular weight excluding hydrogens is 218 g/mol. The molecule has 1 fully saturated rings. The predicted octanol–water partition coefficient (Wildman–Crippen LogP) is 2.66. The van der Waals surface area contributed by atoms with Crippen molar-refractivity contribution in [3.05, 3.63) is 23.8 Å². The molecule has 1 aromatic carbocycles. The summed E-state index contributed by atoms with van der Waals surface area (Å²) in [6, 6.07) is 5.91. The lowest BCUT2D eigenvalue weighted by atomic mass is 9.92. The molecule has 2 rings (SSSR count). The van der Waals surface area contributed by atoms with Crippen LogP contribution in [0, 0.1) is 5.92 Å². The Hall–Kier alpha value is -0.670. The van der Waals surface area contributed by atoms with Crippen LogP contribution in [0.3, 0.4) is 0 Å². The first-order chi connectivity index (χ1) is 7.79. The number of hydrogen-bond acceptors (Lipinski definition) is 3. The van der Waals surface area contributed by atoms with Crippen LogP contribution in [-0.4, -0.2) is 24.5 Å². The van der Waals surface area contributed by atoms with Crippen LogP contribution in [0.1, 0.15) is 18.4 Å². The average molecular weight is 237 g/mol. The van der Waals surface area contributed by atoms with Crippen molar-refractivity contribution in [2.45, 2.75) is 24.2 Å². The molecule has 2 nitrogen and oxygen atoms in total. The summed E-state index contributed by atoms with van der Waals surface area (Å²) in [4.78, 5) is 1.23. The van der Waals surface area contributed by atoms with E-state index in [2.05, 4.69) is 17.6 Å². The van der Waals surface area contributed by atoms with Crippen LogP contribution in [-0.2, 0) is 6.42 Å². The van der Waals surface area contributed by atoms with Gasteiger partial charge in [-0.05, 0) is 68.3 Å². The van der Waals surface area contributed by atoms with Crippen molar-refractivity contribution in [3.8, 4) is 5.75 Å². The van der Waals surface area contributed by atoms with Gasteiger partial charge in [-0.2, -0.15) is 0 Å². The molecule has 1 unspecified atom stereocenters. The smallest absolute Gasteiger partial charge is 0.118 e. The minimum atomic E-state index is 0.448. The fourth-order valence-electron chi connectivity index (χ4n) is 2.26. The van der Waals surface area contributed by atoms with E-state index in [1.165, 1.54) is 17.7 Å². The molecular formula is C13H19NOS. The van der Waals surface area contributed by atoms with E-state index in [1.54, 1.807) is 11.8 Å². The summed E-state index contributed by atoms with van der Waals surface area (Å²) >= 11 is 1.73. The van der Waals surface area contributed by atoms with Crippen molar-refractivity contribution < 1.29 is 5.11 Å². The second kappa shape index (κ2) is 5.60. The fraction of sp³-hybridized carbons (Fsp3) is 0.538. The lowest BCUT2D eigenvalue weighted by molar-refractivity contribution is 0.369. The maximum Gasteiger partial charge on any atom is 0.118 e. The molecule has 0 bridgehead atoms. The molecule has 0 saturated carbocycles. The summed E-state index contributed by atoms with van der Waals surface area (Å²) in [5, 5.41) is 13.2. The zero-order valence-corrected chi connectivity index (χ0v) is 10.5. The van der Waals surface area contributed by atoms with Crippen LogP contribution in [0.15, 0.2) is 23.1 Å². The van der Waals surface area contributed by atoms with Gasteiger partial charge in [0.25, 0.3) is 0 Å². The maximum atomic E-state index is 9.83. The van der Waals surface area contributed by atoms with E-state index in [0.717, 1.165) is 25.1 Å². The molecule has 1 aliphatic heterocycles. The van der Waals surface area contributed by atoms with Gasteiger partial charge >= 0.3 is 0 Å². The summed E-state index contributed by atoms with van der Waals surface area (Å²) < 4.78 is 0. The number of thioether (sulfide) groups is 1. The highest BCUT2D eigenvalue weighted by atomic mass is 32.2. The quantitative estimate of drug-likeness (QED) is 0.793. The van der Waals surface area contributed by atoms with Gasteiger partial charge in [-0.25, -0.2) is 0 Å². The topological polar surface area (TPSA) is 32.3 Å². The third-order valence-electron chi connectivity index (χ3n) is 3.19. The van der Waals surface area contributed by atoms with Gasteiger partial charge in [0.2, 0.25) is 0 Å². The third-order valence-corrected chi connectivity index (χ3v) is 3.92. The van der Waals surface area contributed by atoms with E-state index in [-0.39, 0.29) is 0 Å². The normalized spacial score (nSPS) is 20.9. The van der Waals surface area contributed by atoms with Crippen molar-refractivity contribution in [1.82, 2.24) is 5.32 Å². The van der Waals surface area contributed by atoms with E-state index >= 15 is 0 Å². The summed E-state index contributed by atoms with van der Waals surface area (Å²) in [5.74, 6) is 1.13. The van der Waals surface area contributed by atoms with Crippen LogP contribution < -0.4 is 5.32 Å². The Kier molecular flexibility index (Phi) is 4.13. The van der Waals surface area contributed by atoms with Gasteiger partial charge in [-0.15, -0.1) is 11.8 Å². The third kappa shape index (κ3) is 2.92. The minimum Gasteiger partial charge on any atom is -0.508 e. The molecule has 1 saturated heterocycles. The van der Waals surface area contributed by atoms with Crippen LogP contribution in [0.5, 0.6) is 5.75 Å². The van der Waals surface area contributed by atoms with Crippen molar-refractivity contribution in [2.24, 2.45) is 5.92 Å². The maximum absolute atomic E-state index is 9.83. The van der Waals surface area contributed by atoms with Crippen molar-refractivity contribution >= 4 is 11.8 Å². The Bertz CT molecular complexity index is 348. The number of phenolic OH excluding ortho intramolecular Hbond substituents is 1. The Balaban J connectivity index is 2.06. The van der Waals surface area contributed by atoms with Crippen LogP contribution in [0.25, 0.3) is 0 Å². The van der Waals surface area contributed by atoms with Crippen LogP contribution in [0.2, 0.25) is 0 Å². The first-order valence-corrected chi connectivity index (χ1v) is 7.08. The molecule has 88 valence electrons. The number of piperidine rings is 1. The number of phenols is 1. The van der Waals surface area contributed by atoms with Gasteiger partial charge < -0.3 is 10.4 Å². The molecule has 0 aromatic heterocycles. The summed E-state index contributed by atoms with van der Waals surface area (Å²) in [6.45, 7) is 2.23. The second-order valence-electron chi connectivity index (χ2n) is 4.41. The molecule has 0 amide bonds. The lowest BCUT2D eigenvalue weighted by Gasteiger charge is -2.23. The molecule has 0 spiro atoms. The molecule has 0 aliphatic carbocycles. The Morgan fingerprint density at radius 2 is 2.38 bits per heavy atom. The Morgan fingerprint density at radius 3 is 3.06 bits per heavy atom. The molecule has 3 heteroatoms. The number of rotatable bonds is 3. The molecule has 2 N–H and O–H groups in total. The van der Waals surface area contributed by atoms with Gasteiger partial charge in [-0.3, -0.25) is 0 Å². The second-order valence-corrected chi connectivity index (χ2v) is 5.29. The highest BCUT2D eigenvalue weighted by molar-refractivity contribution is 7.98. The van der Waals surface area contributed by atoms with Gasteiger partial charge in [0.1, 0.15) is 5.75 Å². The number of nitrogens with one attached hydrogen (secondary N) is 1. The number of aromatic hydroxyl groups is 1. The highest BCUT2D eigenvalue weighted by Crippen LogP contribution is 2.27. The van der Waals surface area contributed by atoms with E-state index in [9.17, 15) is 5.11 Å². The molecule has 16 heavy (non-hydrogen) atoms. The first-order valence-electron chi connectivity index (χ1n) is 5.86. The summed E-state index contributed by atoms with van der Waals surface area (Å²) in [6.07, 6.45) is 5.59. The minimum absolute atomic E-state index is 0.448. The van der Waals surface area contributed by atoms with Gasteiger partial charge in [0.15, 0.2) is 0 Å². The number of benzene rings is 1. The van der Waals surface area contributed by atoms with E-state index in [0.29, 0.717) is 11.7 Å². The molecule has 0 radical (unpaired) electrons. The van der Waals surface area contributed by atoms with Gasteiger partial charge in [0, 0.05) is 4.90 Å². The van der Waals surface area contributed by atoms with Crippen molar-refractivity contribution in [3.63, 3.8) is 0 Å². The monoisotopic (exact) mass is 237 g/mol. The van der Waals surface area contributed by atoms with Gasteiger partial charge in [-0.1, -0.05) is 0 Å². The molecule has 1 atom stereocenters. The van der Waals surface area contributed by atoms with Crippen LogP contribution in [0.4, 0.5) is 0 Å². The molecule has 1 aliphatic rings. The molecule has 1 heterocycles. The van der Waals surface area contributed by atoms with Crippen LogP contribution >= 0.6 is 11.8 Å². The average Bonchev–Trinajstić information content (AvgIpc) is 2.33. The molecule has 1 aromatic rings. The standard InChI is InChI=1S/C13H19NOS/c1-16-12-4-5-13(15)11(8-12)7-10-3-2-6-14-9-10/h4-5,8,10,14-15H,2-3,6-7,9H2,1H3. The van der Waals surface area contributed by atoms with Crippen molar-refractivity contribution in [2.75, 3.05) is 19.3 Å². The van der Waals surface area contributed by atoms with E-state index in [1.807, 2.05) is 12.1 Å². The van der Waals surface area contributed by atoms with Crippen molar-refractivity contribution in [1.29, 1.82) is 0 Å². The van der Waals surface area contributed by atoms with E-state index in [4.69, 9.17) is 0 Å². The Labute approximate surface area is 101 Å². The Morgan fingerprint density at radius 1 is 1.50 bits per heavy atom. The van der Waals surface area contributed by atoms with E-state index < -0.39 is 0 Å². The fourth-order valence-corrected chi connectivity index (χ4v) is 2.73. The summed E-state index contributed by atoms with van der Waals surface area (Å²) in [5.41, 5.74) is 1.10. The zero-order valence-electron chi connectivity index (χ0n) is 9.70. The predicted molar refractivity (Wildman–Crippen MR) is 69.2 cm³/mol. The highest BCUT2D eigenvalue weighted by Gasteiger charge is 2.15. The first kappa shape index (κ1) is 11.8. The SMILES string of the molecule is CSc1ccc(O)c(CC2CCCNC2)c1. The van der Waals surface area contributed by atoms with Gasteiger partial charge in [0.05, 0.1) is 0 Å². The lowest BCUT2D eigenvalue weighted by Crippen LogP contribution is -2.30. The largest absolute Gasteiger partial charge is 0.508 e. The summed E-state index contributed by atoms with van der Waals surface area (Å²) in [7, 11) is 0. The zero-order chi connectivity index (χ0) is 11.4.